The zero-order valence-electron chi connectivity index (χ0n) is 10.7. The first kappa shape index (κ1) is 12.4. The Labute approximate surface area is 107 Å². The predicted molar refractivity (Wildman–Crippen MR) is 74.4 cm³/mol. The van der Waals surface area contributed by atoms with Crippen LogP contribution >= 0.6 is 11.8 Å². The molecule has 1 unspecified atom stereocenters. The first-order valence-electron chi connectivity index (χ1n) is 5.99. The number of aromatic nitrogens is 1. The van der Waals surface area contributed by atoms with Gasteiger partial charge in [0.25, 0.3) is 0 Å². The van der Waals surface area contributed by atoms with Gasteiger partial charge in [-0.15, -0.1) is 0 Å². The van der Waals surface area contributed by atoms with Crippen LogP contribution in [0.15, 0.2) is 23.3 Å². The molecule has 0 spiro atoms. The van der Waals surface area contributed by atoms with E-state index in [1.807, 2.05) is 24.0 Å². The van der Waals surface area contributed by atoms with Crippen LogP contribution in [-0.2, 0) is 6.54 Å². The van der Waals surface area contributed by atoms with Gasteiger partial charge in [-0.25, -0.2) is 0 Å². The molecule has 1 aliphatic heterocycles. The number of hydrogen-bond donors (Lipinski definition) is 1. The van der Waals surface area contributed by atoms with Gasteiger partial charge in [0.15, 0.2) is 5.17 Å². The second kappa shape index (κ2) is 5.08. The molecule has 1 fully saturated rings. The maximum absolute atomic E-state index is 4.60. The maximum atomic E-state index is 4.60. The van der Waals surface area contributed by atoms with Crippen molar-refractivity contribution >= 4 is 16.9 Å². The fourth-order valence-electron chi connectivity index (χ4n) is 1.66. The van der Waals surface area contributed by atoms with Gasteiger partial charge in [0.1, 0.15) is 0 Å². The number of hydrogen-bond acceptors (Lipinski definition) is 3. The van der Waals surface area contributed by atoms with Gasteiger partial charge in [-0.1, -0.05) is 24.8 Å². The Morgan fingerprint density at radius 2 is 2.41 bits per heavy atom. The lowest BCUT2D eigenvalue weighted by molar-refractivity contribution is 0.466. The van der Waals surface area contributed by atoms with Gasteiger partial charge in [0, 0.05) is 17.5 Å². The molecule has 3 nitrogen and oxygen atoms in total. The lowest BCUT2D eigenvalue weighted by Gasteiger charge is -2.20. The quantitative estimate of drug-likeness (QED) is 0.895. The zero-order valence-corrected chi connectivity index (χ0v) is 11.5. The average molecular weight is 249 g/mol. The summed E-state index contributed by atoms with van der Waals surface area (Å²) in [4.78, 5) is 8.96. The summed E-state index contributed by atoms with van der Waals surface area (Å²) in [5, 5.41) is 4.55. The molecule has 0 aromatic carbocycles. The van der Waals surface area contributed by atoms with E-state index in [2.05, 4.69) is 42.1 Å². The smallest absolute Gasteiger partial charge is 0.157 e. The number of nitrogens with one attached hydrogen (secondary N) is 1. The van der Waals surface area contributed by atoms with Gasteiger partial charge in [-0.2, -0.15) is 0 Å². The number of thioether (sulfide) groups is 1. The molecule has 1 atom stereocenters. The highest BCUT2D eigenvalue weighted by Gasteiger charge is 2.30. The fraction of sp³-hybridized carbons (Fsp3) is 0.538. The van der Waals surface area contributed by atoms with Crippen molar-refractivity contribution in [1.29, 1.82) is 0 Å². The van der Waals surface area contributed by atoms with Gasteiger partial charge in [-0.3, -0.25) is 9.98 Å². The van der Waals surface area contributed by atoms with Crippen LogP contribution in [0.3, 0.4) is 0 Å². The van der Waals surface area contributed by atoms with Crippen molar-refractivity contribution in [2.75, 3.05) is 5.75 Å². The zero-order chi connectivity index (χ0) is 12.3. The van der Waals surface area contributed by atoms with E-state index in [0.29, 0.717) is 6.54 Å². The topological polar surface area (TPSA) is 37.3 Å². The molecular formula is C13H19N3S. The molecule has 1 aromatic heterocycles. The molecule has 2 rings (SSSR count). The Kier molecular flexibility index (Phi) is 3.72. The van der Waals surface area contributed by atoms with Gasteiger partial charge in [0.2, 0.25) is 0 Å². The van der Waals surface area contributed by atoms with Crippen LogP contribution in [0.5, 0.6) is 0 Å². The Bertz CT molecular complexity index is 430. The van der Waals surface area contributed by atoms with E-state index in [0.717, 1.165) is 23.0 Å². The van der Waals surface area contributed by atoms with Crippen molar-refractivity contribution in [2.24, 2.45) is 4.99 Å². The van der Waals surface area contributed by atoms with Crippen LogP contribution in [0, 0.1) is 6.92 Å². The summed E-state index contributed by atoms with van der Waals surface area (Å²) in [5.74, 6) is 1.10. The van der Waals surface area contributed by atoms with Crippen LogP contribution in [0.4, 0.5) is 0 Å². The number of aliphatic imine (C=N–C) groups is 1. The first-order valence-corrected chi connectivity index (χ1v) is 6.97. The third kappa shape index (κ3) is 3.00. The number of nitrogens with zero attached hydrogens (tertiary/aromatic N) is 2. The van der Waals surface area contributed by atoms with E-state index in [-0.39, 0.29) is 5.54 Å². The monoisotopic (exact) mass is 249 g/mol. The molecule has 2 heterocycles. The lowest BCUT2D eigenvalue weighted by atomic mass is 10.0. The molecule has 1 saturated heterocycles. The molecule has 0 bridgehead atoms. The molecule has 92 valence electrons. The molecule has 1 aliphatic rings. The van der Waals surface area contributed by atoms with Crippen LogP contribution in [0.2, 0.25) is 0 Å². The van der Waals surface area contributed by atoms with E-state index in [9.17, 15) is 0 Å². The summed E-state index contributed by atoms with van der Waals surface area (Å²) in [6.07, 6.45) is 2.95. The van der Waals surface area contributed by atoms with Gasteiger partial charge >= 0.3 is 0 Å². The van der Waals surface area contributed by atoms with E-state index < -0.39 is 0 Å². The minimum absolute atomic E-state index is 0.211. The first-order chi connectivity index (χ1) is 8.13. The van der Waals surface area contributed by atoms with E-state index in [1.54, 1.807) is 0 Å². The maximum Gasteiger partial charge on any atom is 0.157 e. The minimum atomic E-state index is 0.211. The van der Waals surface area contributed by atoms with Gasteiger partial charge in [-0.05, 0) is 31.9 Å². The van der Waals surface area contributed by atoms with Crippen molar-refractivity contribution in [1.82, 2.24) is 10.3 Å². The SMILES string of the molecule is CCC1(C)CSC(=NCc2ncccc2C)N1. The number of amidine groups is 1. The van der Waals surface area contributed by atoms with Crippen LogP contribution in [0.25, 0.3) is 0 Å². The Balaban J connectivity index is 2.01. The highest BCUT2D eigenvalue weighted by atomic mass is 32.2. The molecule has 0 aliphatic carbocycles. The van der Waals surface area contributed by atoms with Crippen molar-refractivity contribution in [3.8, 4) is 0 Å². The molecule has 0 amide bonds. The van der Waals surface area contributed by atoms with Crippen molar-refractivity contribution in [2.45, 2.75) is 39.3 Å². The molecular weight excluding hydrogens is 230 g/mol. The molecule has 1 N–H and O–H groups in total. The van der Waals surface area contributed by atoms with Crippen LogP contribution < -0.4 is 5.32 Å². The second-order valence-corrected chi connectivity index (χ2v) is 5.68. The average Bonchev–Trinajstić information content (AvgIpc) is 2.71. The van der Waals surface area contributed by atoms with Crippen LogP contribution in [-0.4, -0.2) is 21.4 Å². The standard InChI is InChI=1S/C13H19N3S/c1-4-13(3)9-17-12(16-13)15-8-11-10(2)6-5-7-14-11/h5-7H,4,8-9H2,1-3H3,(H,15,16). The number of rotatable bonds is 3. The predicted octanol–water partition coefficient (Wildman–Crippen LogP) is 2.75. The molecule has 0 saturated carbocycles. The summed E-state index contributed by atoms with van der Waals surface area (Å²) < 4.78 is 0. The fourth-order valence-corrected chi connectivity index (χ4v) is 2.87. The summed E-state index contributed by atoms with van der Waals surface area (Å²) in [7, 11) is 0. The van der Waals surface area contributed by atoms with Crippen molar-refractivity contribution in [3.63, 3.8) is 0 Å². The number of aryl methyl sites for hydroxylation is 1. The highest BCUT2D eigenvalue weighted by molar-refractivity contribution is 8.14. The second-order valence-electron chi connectivity index (χ2n) is 4.72. The summed E-state index contributed by atoms with van der Waals surface area (Å²) in [6.45, 7) is 7.20. The Hall–Kier alpha value is -1.03. The van der Waals surface area contributed by atoms with E-state index >= 15 is 0 Å². The van der Waals surface area contributed by atoms with Crippen molar-refractivity contribution < 1.29 is 0 Å². The largest absolute Gasteiger partial charge is 0.359 e. The van der Waals surface area contributed by atoms with Gasteiger partial charge in [0.05, 0.1) is 12.2 Å². The third-order valence-corrected chi connectivity index (χ3v) is 4.49. The number of pyridine rings is 1. The molecule has 4 heteroatoms. The summed E-state index contributed by atoms with van der Waals surface area (Å²) >= 11 is 1.81. The Morgan fingerprint density at radius 1 is 1.59 bits per heavy atom. The van der Waals surface area contributed by atoms with E-state index in [4.69, 9.17) is 0 Å². The highest BCUT2D eigenvalue weighted by Crippen LogP contribution is 2.25. The van der Waals surface area contributed by atoms with Crippen molar-refractivity contribution in [3.05, 3.63) is 29.6 Å². The minimum Gasteiger partial charge on any atom is -0.359 e. The Morgan fingerprint density at radius 3 is 3.06 bits per heavy atom. The molecule has 1 aromatic rings. The van der Waals surface area contributed by atoms with Gasteiger partial charge < -0.3 is 5.32 Å². The third-order valence-electron chi connectivity index (χ3n) is 3.21. The van der Waals surface area contributed by atoms with Crippen LogP contribution in [0.1, 0.15) is 31.5 Å². The molecule has 0 radical (unpaired) electrons. The summed E-state index contributed by atoms with van der Waals surface area (Å²) in [5.41, 5.74) is 2.48. The normalized spacial score (nSPS) is 26.2. The lowest BCUT2D eigenvalue weighted by Crippen LogP contribution is -2.39. The van der Waals surface area contributed by atoms with E-state index in [1.165, 1.54) is 5.56 Å². The summed E-state index contributed by atoms with van der Waals surface area (Å²) in [6, 6.07) is 4.04. The molecule has 17 heavy (non-hydrogen) atoms.